The van der Waals surface area contributed by atoms with Gasteiger partial charge in [-0.05, 0) is 6.42 Å². The Bertz CT molecular complexity index is 355. The predicted molar refractivity (Wildman–Crippen MR) is 64.3 cm³/mol. The van der Waals surface area contributed by atoms with Crippen LogP contribution in [0.1, 0.15) is 26.2 Å². The van der Waals surface area contributed by atoms with E-state index in [1.54, 1.807) is 0 Å². The van der Waals surface area contributed by atoms with Crippen LogP contribution in [-0.4, -0.2) is 54.1 Å². The fourth-order valence-electron chi connectivity index (χ4n) is 1.22. The Balaban J connectivity index is 4.34. The summed E-state index contributed by atoms with van der Waals surface area (Å²) in [6.07, 6.45) is -0.0448. The van der Waals surface area contributed by atoms with Crippen LogP contribution in [0.3, 0.4) is 0 Å². The molecule has 0 heterocycles. The molecule has 3 amide bonds. The van der Waals surface area contributed by atoms with Gasteiger partial charge in [-0.2, -0.15) is 0 Å². The van der Waals surface area contributed by atoms with Crippen LogP contribution in [0.25, 0.3) is 0 Å². The van der Waals surface area contributed by atoms with Gasteiger partial charge in [0.1, 0.15) is 6.54 Å². The fraction of sp³-hybridized carbons (Fsp3) is 0.636. The van der Waals surface area contributed by atoms with E-state index in [2.05, 4.69) is 4.74 Å². The first-order valence-corrected chi connectivity index (χ1v) is 5.78. The van der Waals surface area contributed by atoms with Gasteiger partial charge in [0.05, 0.1) is 13.5 Å². The van der Waals surface area contributed by atoms with Gasteiger partial charge in [0.2, 0.25) is 5.91 Å². The number of carbonyl (C=O) groups excluding carboxylic acids is 3. The summed E-state index contributed by atoms with van der Waals surface area (Å²) in [7, 11) is 1.20. The summed E-state index contributed by atoms with van der Waals surface area (Å²) in [6, 6.07) is -0.734. The number of carboxylic acid groups (broad SMARTS) is 1. The highest BCUT2D eigenvalue weighted by Gasteiger charge is 2.19. The summed E-state index contributed by atoms with van der Waals surface area (Å²) >= 11 is 0. The molecule has 0 rings (SSSR count). The molecule has 0 bridgehead atoms. The molecule has 0 radical (unpaired) electrons. The Morgan fingerprint density at radius 2 is 1.84 bits per heavy atom. The summed E-state index contributed by atoms with van der Waals surface area (Å²) in [4.78, 5) is 45.5. The molecular weight excluding hydrogens is 256 g/mol. The van der Waals surface area contributed by atoms with Crippen molar-refractivity contribution in [1.82, 2.24) is 10.2 Å². The second kappa shape index (κ2) is 8.90. The monoisotopic (exact) mass is 274 g/mol. The SMILES string of the molecule is CCCN(CC(=O)OC)C(=O)NC(=O)CCC(=O)O. The average molecular weight is 274 g/mol. The fourth-order valence-corrected chi connectivity index (χ4v) is 1.22. The molecule has 108 valence electrons. The Hall–Kier alpha value is -2.12. The quantitative estimate of drug-likeness (QED) is 0.630. The van der Waals surface area contributed by atoms with Crippen molar-refractivity contribution in [3.8, 4) is 0 Å². The lowest BCUT2D eigenvalue weighted by Crippen LogP contribution is -2.45. The molecule has 0 aliphatic carbocycles. The third-order valence-electron chi connectivity index (χ3n) is 2.14. The Kier molecular flexibility index (Phi) is 7.90. The number of aliphatic carboxylic acids is 1. The number of hydrogen-bond donors (Lipinski definition) is 2. The number of amides is 3. The highest BCUT2D eigenvalue weighted by atomic mass is 16.5. The number of rotatable bonds is 7. The number of ether oxygens (including phenoxy) is 1. The first-order chi connectivity index (χ1) is 8.90. The summed E-state index contributed by atoms with van der Waals surface area (Å²) in [5.41, 5.74) is 0. The van der Waals surface area contributed by atoms with Gasteiger partial charge in [-0.3, -0.25) is 19.7 Å². The van der Waals surface area contributed by atoms with E-state index in [-0.39, 0.29) is 25.9 Å². The van der Waals surface area contributed by atoms with Crippen molar-refractivity contribution >= 4 is 23.9 Å². The van der Waals surface area contributed by atoms with E-state index in [4.69, 9.17) is 5.11 Å². The molecule has 2 N–H and O–H groups in total. The van der Waals surface area contributed by atoms with Gasteiger partial charge in [-0.25, -0.2) is 4.79 Å². The molecule has 0 aromatic heterocycles. The molecule has 0 aromatic rings. The third-order valence-corrected chi connectivity index (χ3v) is 2.14. The number of hydrogen-bond acceptors (Lipinski definition) is 5. The van der Waals surface area contributed by atoms with E-state index in [1.807, 2.05) is 12.2 Å². The topological polar surface area (TPSA) is 113 Å². The van der Waals surface area contributed by atoms with Crippen LogP contribution in [0.15, 0.2) is 0 Å². The minimum absolute atomic E-state index is 0.262. The maximum atomic E-state index is 11.7. The molecule has 0 fully saturated rings. The lowest BCUT2D eigenvalue weighted by molar-refractivity contribution is -0.141. The number of nitrogens with one attached hydrogen (secondary N) is 1. The lowest BCUT2D eigenvalue weighted by atomic mass is 10.3. The molecule has 0 aliphatic heterocycles. The van der Waals surface area contributed by atoms with E-state index < -0.39 is 23.9 Å². The summed E-state index contributed by atoms with van der Waals surface area (Å²) < 4.78 is 4.44. The van der Waals surface area contributed by atoms with Gasteiger partial charge in [0.25, 0.3) is 0 Å². The highest BCUT2D eigenvalue weighted by molar-refractivity contribution is 5.96. The molecule has 0 saturated heterocycles. The van der Waals surface area contributed by atoms with Crippen molar-refractivity contribution < 1.29 is 29.0 Å². The van der Waals surface area contributed by atoms with Gasteiger partial charge in [-0.15, -0.1) is 0 Å². The van der Waals surface area contributed by atoms with Crippen LogP contribution in [0, 0.1) is 0 Å². The average Bonchev–Trinajstić information content (AvgIpc) is 2.35. The van der Waals surface area contributed by atoms with Crippen molar-refractivity contribution in [3.63, 3.8) is 0 Å². The van der Waals surface area contributed by atoms with E-state index in [9.17, 15) is 19.2 Å². The molecule has 8 nitrogen and oxygen atoms in total. The van der Waals surface area contributed by atoms with Gasteiger partial charge >= 0.3 is 18.0 Å². The first-order valence-electron chi connectivity index (χ1n) is 5.78. The van der Waals surface area contributed by atoms with Gasteiger partial charge in [0.15, 0.2) is 0 Å². The zero-order valence-electron chi connectivity index (χ0n) is 11.0. The molecule has 8 heteroatoms. The van der Waals surface area contributed by atoms with Crippen LogP contribution in [0.4, 0.5) is 4.79 Å². The van der Waals surface area contributed by atoms with E-state index in [0.717, 1.165) is 4.90 Å². The maximum Gasteiger partial charge on any atom is 0.325 e. The number of imide groups is 1. The smallest absolute Gasteiger partial charge is 0.325 e. The Morgan fingerprint density at radius 1 is 1.21 bits per heavy atom. The van der Waals surface area contributed by atoms with Crippen molar-refractivity contribution in [2.45, 2.75) is 26.2 Å². The molecule has 19 heavy (non-hydrogen) atoms. The van der Waals surface area contributed by atoms with Crippen LogP contribution in [-0.2, 0) is 19.1 Å². The predicted octanol–water partition coefficient (Wildman–Crippen LogP) is -0.0276. The molecule has 0 aliphatic rings. The van der Waals surface area contributed by atoms with Gasteiger partial charge < -0.3 is 14.7 Å². The number of urea groups is 1. The number of methoxy groups -OCH3 is 1. The van der Waals surface area contributed by atoms with Crippen LogP contribution < -0.4 is 5.32 Å². The van der Waals surface area contributed by atoms with E-state index >= 15 is 0 Å². The highest BCUT2D eigenvalue weighted by Crippen LogP contribution is 1.96. The van der Waals surface area contributed by atoms with Crippen LogP contribution in [0.2, 0.25) is 0 Å². The maximum absolute atomic E-state index is 11.7. The molecule has 0 saturated carbocycles. The number of carboxylic acids is 1. The zero-order chi connectivity index (χ0) is 14.8. The van der Waals surface area contributed by atoms with Crippen molar-refractivity contribution in [2.75, 3.05) is 20.2 Å². The minimum atomic E-state index is -1.12. The zero-order valence-corrected chi connectivity index (χ0v) is 11.0. The molecule has 0 atom stereocenters. The first kappa shape index (κ1) is 16.9. The third kappa shape index (κ3) is 7.74. The minimum Gasteiger partial charge on any atom is -0.481 e. The summed E-state index contributed by atoms with van der Waals surface area (Å²) in [6.45, 7) is 1.83. The standard InChI is InChI=1S/C11H18N2O6/c1-3-6-13(7-10(17)19-2)11(18)12-8(14)4-5-9(15)16/h3-7H2,1-2H3,(H,15,16)(H,12,14,18). The van der Waals surface area contributed by atoms with Gasteiger partial charge in [0, 0.05) is 13.0 Å². The molecule has 0 spiro atoms. The second-order valence-corrected chi connectivity index (χ2v) is 3.74. The lowest BCUT2D eigenvalue weighted by Gasteiger charge is -2.20. The van der Waals surface area contributed by atoms with Crippen molar-refractivity contribution in [3.05, 3.63) is 0 Å². The van der Waals surface area contributed by atoms with Crippen LogP contribution >= 0.6 is 0 Å². The normalized spacial score (nSPS) is 9.58. The second-order valence-electron chi connectivity index (χ2n) is 3.74. The molecule has 0 unspecified atom stereocenters. The van der Waals surface area contributed by atoms with E-state index in [0.29, 0.717) is 6.42 Å². The molecular formula is C11H18N2O6. The van der Waals surface area contributed by atoms with Crippen molar-refractivity contribution in [1.29, 1.82) is 0 Å². The van der Waals surface area contributed by atoms with Crippen molar-refractivity contribution in [2.24, 2.45) is 0 Å². The Morgan fingerprint density at radius 3 is 2.32 bits per heavy atom. The number of nitrogens with zero attached hydrogens (tertiary/aromatic N) is 1. The largest absolute Gasteiger partial charge is 0.481 e. The van der Waals surface area contributed by atoms with Gasteiger partial charge in [-0.1, -0.05) is 6.92 Å². The number of carbonyl (C=O) groups is 4. The summed E-state index contributed by atoms with van der Waals surface area (Å²) in [5.74, 6) is -2.41. The van der Waals surface area contributed by atoms with Crippen LogP contribution in [0.5, 0.6) is 0 Å². The molecule has 0 aromatic carbocycles. The Labute approximate surface area is 110 Å². The van der Waals surface area contributed by atoms with E-state index in [1.165, 1.54) is 7.11 Å². The number of esters is 1. The summed E-state index contributed by atoms with van der Waals surface area (Å²) in [5, 5.41) is 10.4.